The number of ether oxygens (including phenoxy) is 1. The molecule has 0 aliphatic carbocycles. The van der Waals surface area contributed by atoms with Crippen molar-refractivity contribution in [2.75, 3.05) is 20.2 Å². The van der Waals surface area contributed by atoms with Gasteiger partial charge in [-0.25, -0.2) is 0 Å². The van der Waals surface area contributed by atoms with E-state index in [1.165, 1.54) is 0 Å². The van der Waals surface area contributed by atoms with Gasteiger partial charge in [-0.15, -0.1) is 0 Å². The fraction of sp³-hybridized carbons (Fsp3) is 0.333. The first kappa shape index (κ1) is 18.8. The summed E-state index contributed by atoms with van der Waals surface area (Å²) < 4.78 is 5.64. The Morgan fingerprint density at radius 3 is 2.68 bits per heavy atom. The van der Waals surface area contributed by atoms with Crippen LogP contribution >= 0.6 is 11.3 Å². The molecule has 0 aliphatic rings. The zero-order valence-electron chi connectivity index (χ0n) is 14.3. The molecule has 0 fully saturated rings. The van der Waals surface area contributed by atoms with Crippen LogP contribution in [0.2, 0.25) is 0 Å². The second kappa shape index (κ2) is 9.08. The van der Waals surface area contributed by atoms with E-state index in [2.05, 4.69) is 4.98 Å². The fourth-order valence-electron chi connectivity index (χ4n) is 2.12. The number of likely N-dealkylation sites (N-methyl/N-ethyl adjacent to an activating group) is 1. The van der Waals surface area contributed by atoms with Crippen molar-refractivity contribution in [2.24, 2.45) is 0 Å². The van der Waals surface area contributed by atoms with Crippen molar-refractivity contribution in [1.82, 2.24) is 9.88 Å². The SMILES string of the molecule is CC/C=C/C(=O)N(C)CCOc1ccc(Cc2sc(=O)[nH]c2O)cc1. The minimum atomic E-state index is -0.264. The van der Waals surface area contributed by atoms with Gasteiger partial charge in [0.25, 0.3) is 0 Å². The number of allylic oxidation sites excluding steroid dienone is 1. The number of hydrogen-bond acceptors (Lipinski definition) is 5. The molecular weight excluding hydrogens is 340 g/mol. The molecule has 2 N–H and O–H groups in total. The molecule has 6 nitrogen and oxygen atoms in total. The predicted octanol–water partition coefficient (Wildman–Crippen LogP) is 2.54. The van der Waals surface area contributed by atoms with E-state index in [1.807, 2.05) is 37.3 Å². The van der Waals surface area contributed by atoms with Crippen molar-refractivity contribution < 1.29 is 14.6 Å². The Morgan fingerprint density at radius 1 is 1.36 bits per heavy atom. The lowest BCUT2D eigenvalue weighted by atomic mass is 10.1. The van der Waals surface area contributed by atoms with Crippen LogP contribution in [0.25, 0.3) is 0 Å². The van der Waals surface area contributed by atoms with Gasteiger partial charge < -0.3 is 14.7 Å². The average molecular weight is 362 g/mol. The van der Waals surface area contributed by atoms with Crippen LogP contribution in [0.15, 0.2) is 41.2 Å². The number of H-pyrrole nitrogens is 1. The summed E-state index contributed by atoms with van der Waals surface area (Å²) in [6, 6.07) is 7.44. The minimum Gasteiger partial charge on any atom is -0.494 e. The summed E-state index contributed by atoms with van der Waals surface area (Å²) in [6.45, 7) is 2.88. The number of benzene rings is 1. The van der Waals surface area contributed by atoms with E-state index in [9.17, 15) is 14.7 Å². The van der Waals surface area contributed by atoms with Crippen molar-refractivity contribution in [3.8, 4) is 11.6 Å². The van der Waals surface area contributed by atoms with Gasteiger partial charge in [-0.2, -0.15) is 0 Å². The van der Waals surface area contributed by atoms with Gasteiger partial charge in [0.05, 0.1) is 11.4 Å². The molecule has 0 bridgehead atoms. The van der Waals surface area contributed by atoms with Gasteiger partial charge in [-0.1, -0.05) is 36.5 Å². The third kappa shape index (κ3) is 5.79. The van der Waals surface area contributed by atoms with Crippen LogP contribution < -0.4 is 9.61 Å². The number of aromatic amines is 1. The molecule has 134 valence electrons. The molecule has 0 unspecified atom stereocenters. The van der Waals surface area contributed by atoms with Crippen molar-refractivity contribution in [3.05, 3.63) is 56.5 Å². The van der Waals surface area contributed by atoms with Crippen LogP contribution in [0.1, 0.15) is 23.8 Å². The van der Waals surface area contributed by atoms with Crippen molar-refractivity contribution in [3.63, 3.8) is 0 Å². The maximum atomic E-state index is 11.7. The second-order valence-corrected chi connectivity index (χ2v) is 6.59. The summed E-state index contributed by atoms with van der Waals surface area (Å²) >= 11 is 1.00. The largest absolute Gasteiger partial charge is 0.494 e. The smallest absolute Gasteiger partial charge is 0.307 e. The van der Waals surface area contributed by atoms with Gasteiger partial charge in [0.15, 0.2) is 0 Å². The predicted molar refractivity (Wildman–Crippen MR) is 98.4 cm³/mol. The van der Waals surface area contributed by atoms with Crippen LogP contribution in [-0.4, -0.2) is 41.1 Å². The molecule has 1 aromatic carbocycles. The summed E-state index contributed by atoms with van der Waals surface area (Å²) in [4.78, 5) is 27.2. The highest BCUT2D eigenvalue weighted by Crippen LogP contribution is 2.21. The van der Waals surface area contributed by atoms with Crippen LogP contribution in [0, 0.1) is 0 Å². The van der Waals surface area contributed by atoms with Crippen molar-refractivity contribution >= 4 is 17.2 Å². The van der Waals surface area contributed by atoms with E-state index in [0.29, 0.717) is 30.2 Å². The Morgan fingerprint density at radius 2 is 2.08 bits per heavy atom. The maximum absolute atomic E-state index is 11.7. The Hall–Kier alpha value is -2.54. The number of rotatable bonds is 8. The average Bonchev–Trinajstić information content (AvgIpc) is 2.91. The molecule has 0 saturated heterocycles. The molecule has 0 aliphatic heterocycles. The van der Waals surface area contributed by atoms with Crippen LogP contribution in [-0.2, 0) is 11.2 Å². The van der Waals surface area contributed by atoms with Gasteiger partial charge in [-0.05, 0) is 30.2 Å². The summed E-state index contributed by atoms with van der Waals surface area (Å²) in [5, 5.41) is 9.61. The highest BCUT2D eigenvalue weighted by molar-refractivity contribution is 7.09. The number of hydrogen-bond donors (Lipinski definition) is 2. The fourth-order valence-corrected chi connectivity index (χ4v) is 2.88. The van der Waals surface area contributed by atoms with Gasteiger partial charge >= 0.3 is 4.87 Å². The minimum absolute atomic E-state index is 0.0360. The third-order valence-corrected chi connectivity index (χ3v) is 4.43. The third-order valence-electron chi connectivity index (χ3n) is 3.56. The topological polar surface area (TPSA) is 82.6 Å². The number of aromatic hydroxyl groups is 1. The maximum Gasteiger partial charge on any atom is 0.307 e. The van der Waals surface area contributed by atoms with Gasteiger partial charge in [0.1, 0.15) is 12.4 Å². The second-order valence-electron chi connectivity index (χ2n) is 5.53. The number of aromatic nitrogens is 1. The Labute approximate surface area is 150 Å². The Kier molecular flexibility index (Phi) is 6.82. The summed E-state index contributed by atoms with van der Waals surface area (Å²) in [7, 11) is 1.74. The number of thiazole rings is 1. The Balaban J connectivity index is 1.82. The molecule has 2 aromatic rings. The molecule has 0 saturated carbocycles. The van der Waals surface area contributed by atoms with E-state index in [0.717, 1.165) is 23.3 Å². The van der Waals surface area contributed by atoms with E-state index in [4.69, 9.17) is 4.74 Å². The molecule has 25 heavy (non-hydrogen) atoms. The number of nitrogens with zero attached hydrogens (tertiary/aromatic N) is 1. The van der Waals surface area contributed by atoms with Crippen molar-refractivity contribution in [2.45, 2.75) is 19.8 Å². The molecule has 1 amide bonds. The van der Waals surface area contributed by atoms with Crippen LogP contribution in [0.3, 0.4) is 0 Å². The lowest BCUT2D eigenvalue weighted by molar-refractivity contribution is -0.125. The summed E-state index contributed by atoms with van der Waals surface area (Å²) in [6.07, 6.45) is 4.72. The van der Waals surface area contributed by atoms with E-state index in [-0.39, 0.29) is 16.7 Å². The van der Waals surface area contributed by atoms with Gasteiger partial charge in [0.2, 0.25) is 11.8 Å². The van der Waals surface area contributed by atoms with Crippen LogP contribution in [0.5, 0.6) is 11.6 Å². The monoisotopic (exact) mass is 362 g/mol. The first-order valence-electron chi connectivity index (χ1n) is 8.04. The molecule has 0 spiro atoms. The Bertz CT molecular complexity index is 777. The first-order valence-corrected chi connectivity index (χ1v) is 8.85. The number of nitrogens with one attached hydrogen (secondary N) is 1. The summed E-state index contributed by atoms with van der Waals surface area (Å²) in [5.41, 5.74) is 0.967. The lowest BCUT2D eigenvalue weighted by Gasteiger charge is -2.15. The van der Waals surface area contributed by atoms with Gasteiger partial charge in [0, 0.05) is 13.5 Å². The zero-order valence-corrected chi connectivity index (χ0v) is 15.1. The van der Waals surface area contributed by atoms with E-state index >= 15 is 0 Å². The molecular formula is C18H22N2O4S. The molecule has 1 heterocycles. The molecule has 1 aromatic heterocycles. The van der Waals surface area contributed by atoms with Crippen LogP contribution in [0.4, 0.5) is 0 Å². The quantitative estimate of drug-likeness (QED) is 0.707. The number of carbonyl (C=O) groups excluding carboxylic acids is 1. The first-order chi connectivity index (χ1) is 12.0. The van der Waals surface area contributed by atoms with Crippen molar-refractivity contribution in [1.29, 1.82) is 0 Å². The zero-order chi connectivity index (χ0) is 18.2. The molecule has 7 heteroatoms. The highest BCUT2D eigenvalue weighted by atomic mass is 32.1. The summed E-state index contributed by atoms with van der Waals surface area (Å²) in [5.74, 6) is 0.603. The molecule has 0 atom stereocenters. The van der Waals surface area contributed by atoms with E-state index in [1.54, 1.807) is 18.0 Å². The normalized spacial score (nSPS) is 11.0. The lowest BCUT2D eigenvalue weighted by Crippen LogP contribution is -2.29. The number of amides is 1. The van der Waals surface area contributed by atoms with E-state index < -0.39 is 0 Å². The molecule has 0 radical (unpaired) electrons. The molecule has 2 rings (SSSR count). The highest BCUT2D eigenvalue weighted by Gasteiger charge is 2.08. The number of carbonyl (C=O) groups is 1. The standard InChI is InChI=1S/C18H22N2O4S/c1-3-4-5-16(21)20(2)10-11-24-14-8-6-13(7-9-14)12-15-17(22)19-18(23)25-15/h4-9,22H,3,10-12H2,1-2H3,(H,19,23)/b5-4+. The van der Waals surface area contributed by atoms with Gasteiger partial charge in [-0.3, -0.25) is 14.6 Å².